The van der Waals surface area contributed by atoms with Crippen molar-refractivity contribution in [3.05, 3.63) is 35.7 Å². The fourth-order valence-corrected chi connectivity index (χ4v) is 2.68. The van der Waals surface area contributed by atoms with Crippen LogP contribution in [-0.2, 0) is 22.0 Å². The summed E-state index contributed by atoms with van der Waals surface area (Å²) >= 11 is 5.96. The molecule has 0 amide bonds. The van der Waals surface area contributed by atoms with Gasteiger partial charge in [0.2, 0.25) is 5.89 Å². The number of ether oxygens (including phenoxy) is 3. The Morgan fingerprint density at radius 2 is 2.09 bits per heavy atom. The summed E-state index contributed by atoms with van der Waals surface area (Å²) in [7, 11) is 1.63. The smallest absolute Gasteiger partial charge is 0.226 e. The molecular weight excluding hydrogens is 318 g/mol. The molecule has 1 aromatic heterocycles. The molecule has 1 atom stereocenters. The van der Waals surface area contributed by atoms with Crippen LogP contribution in [0.1, 0.15) is 30.7 Å². The first-order valence-corrected chi connectivity index (χ1v) is 8.26. The summed E-state index contributed by atoms with van der Waals surface area (Å²) in [6, 6.07) is 7.53. The molecule has 1 aliphatic heterocycles. The highest BCUT2D eigenvalue weighted by atomic mass is 35.5. The minimum atomic E-state index is -0.159. The molecule has 1 unspecified atom stereocenters. The normalized spacial score (nSPS) is 18.1. The molecule has 1 saturated heterocycles. The minimum absolute atomic E-state index is 0.159. The van der Waals surface area contributed by atoms with E-state index in [0.717, 1.165) is 42.9 Å². The number of hydrogen-bond donors (Lipinski definition) is 0. The Hall–Kier alpha value is -1.56. The van der Waals surface area contributed by atoms with Gasteiger partial charge in [0, 0.05) is 12.2 Å². The van der Waals surface area contributed by atoms with E-state index < -0.39 is 0 Å². The standard InChI is InChI=1S/C17H20ClNO4/c1-20-13-7-5-12(6-8-13)17-19-14(15(10-18)23-17)11-22-16-4-2-3-9-21-16/h5-8,16H,2-4,9-11H2,1H3. The van der Waals surface area contributed by atoms with Crippen molar-refractivity contribution >= 4 is 11.6 Å². The number of aromatic nitrogens is 1. The molecule has 2 heterocycles. The number of oxazole rings is 1. The van der Waals surface area contributed by atoms with Gasteiger partial charge in [-0.1, -0.05) is 0 Å². The van der Waals surface area contributed by atoms with Crippen LogP contribution >= 0.6 is 11.6 Å². The zero-order valence-corrected chi connectivity index (χ0v) is 13.8. The first-order chi connectivity index (χ1) is 11.3. The second kappa shape index (κ2) is 7.81. The average Bonchev–Trinajstić information content (AvgIpc) is 3.04. The first-order valence-electron chi connectivity index (χ1n) is 7.72. The van der Waals surface area contributed by atoms with Gasteiger partial charge in [-0.15, -0.1) is 11.6 Å². The van der Waals surface area contributed by atoms with Crippen LogP contribution in [0.3, 0.4) is 0 Å². The van der Waals surface area contributed by atoms with Crippen molar-refractivity contribution in [1.82, 2.24) is 4.98 Å². The van der Waals surface area contributed by atoms with E-state index in [1.165, 1.54) is 0 Å². The van der Waals surface area contributed by atoms with Gasteiger partial charge in [-0.2, -0.15) is 0 Å². The van der Waals surface area contributed by atoms with Crippen molar-refractivity contribution in [2.45, 2.75) is 38.0 Å². The topological polar surface area (TPSA) is 53.7 Å². The second-order valence-electron chi connectivity index (χ2n) is 5.36. The van der Waals surface area contributed by atoms with E-state index >= 15 is 0 Å². The Bertz CT molecular complexity index is 620. The lowest BCUT2D eigenvalue weighted by Crippen LogP contribution is -2.22. The summed E-state index contributed by atoms with van der Waals surface area (Å²) in [5, 5.41) is 0. The molecule has 0 saturated carbocycles. The summed E-state index contributed by atoms with van der Waals surface area (Å²) in [4.78, 5) is 4.52. The molecule has 1 aromatic carbocycles. The largest absolute Gasteiger partial charge is 0.497 e. The van der Waals surface area contributed by atoms with E-state index in [1.807, 2.05) is 24.3 Å². The Kier molecular flexibility index (Phi) is 5.54. The zero-order valence-electron chi connectivity index (χ0n) is 13.1. The second-order valence-corrected chi connectivity index (χ2v) is 5.63. The van der Waals surface area contributed by atoms with Crippen molar-refractivity contribution in [1.29, 1.82) is 0 Å². The van der Waals surface area contributed by atoms with E-state index in [4.69, 9.17) is 30.2 Å². The van der Waals surface area contributed by atoms with Gasteiger partial charge in [-0.25, -0.2) is 4.98 Å². The van der Waals surface area contributed by atoms with E-state index in [0.29, 0.717) is 18.3 Å². The number of alkyl halides is 1. The molecule has 0 spiro atoms. The first kappa shape index (κ1) is 16.3. The van der Waals surface area contributed by atoms with Gasteiger partial charge in [0.05, 0.1) is 19.6 Å². The van der Waals surface area contributed by atoms with Gasteiger partial charge < -0.3 is 18.6 Å². The summed E-state index contributed by atoms with van der Waals surface area (Å²) < 4.78 is 22.3. The molecule has 0 N–H and O–H groups in total. The molecule has 1 fully saturated rings. The van der Waals surface area contributed by atoms with Gasteiger partial charge >= 0.3 is 0 Å². The molecule has 124 valence electrons. The minimum Gasteiger partial charge on any atom is -0.497 e. The van der Waals surface area contributed by atoms with Crippen LogP contribution in [0, 0.1) is 0 Å². The summed E-state index contributed by atoms with van der Waals surface area (Å²) in [5.41, 5.74) is 1.59. The van der Waals surface area contributed by atoms with Crippen LogP contribution < -0.4 is 4.74 Å². The third-order valence-corrected chi connectivity index (χ3v) is 4.02. The van der Waals surface area contributed by atoms with Crippen LogP contribution in [-0.4, -0.2) is 25.0 Å². The maximum absolute atomic E-state index is 5.96. The predicted molar refractivity (Wildman–Crippen MR) is 86.4 cm³/mol. The van der Waals surface area contributed by atoms with Crippen LogP contribution in [0.2, 0.25) is 0 Å². The van der Waals surface area contributed by atoms with Gasteiger partial charge in [0.1, 0.15) is 17.2 Å². The van der Waals surface area contributed by atoms with E-state index in [2.05, 4.69) is 4.98 Å². The fourth-order valence-electron chi connectivity index (χ4n) is 2.47. The Balaban J connectivity index is 1.71. The summed E-state index contributed by atoms with van der Waals surface area (Å²) in [6.07, 6.45) is 2.98. The number of benzene rings is 1. The fraction of sp³-hybridized carbons (Fsp3) is 0.471. The third kappa shape index (κ3) is 4.05. The van der Waals surface area contributed by atoms with Crippen LogP contribution in [0.15, 0.2) is 28.7 Å². The molecule has 1 aliphatic rings. The molecule has 6 heteroatoms. The van der Waals surface area contributed by atoms with Crippen LogP contribution in [0.4, 0.5) is 0 Å². The highest BCUT2D eigenvalue weighted by molar-refractivity contribution is 6.16. The predicted octanol–water partition coefficient (Wildman–Crippen LogP) is 4.13. The highest BCUT2D eigenvalue weighted by Crippen LogP contribution is 2.26. The van der Waals surface area contributed by atoms with Gasteiger partial charge in [-0.3, -0.25) is 0 Å². The zero-order chi connectivity index (χ0) is 16.1. The number of halogens is 1. The molecule has 0 radical (unpaired) electrons. The van der Waals surface area contributed by atoms with Crippen LogP contribution in [0.5, 0.6) is 5.75 Å². The molecular formula is C17H20ClNO4. The van der Waals surface area contributed by atoms with E-state index in [-0.39, 0.29) is 12.2 Å². The molecule has 2 aromatic rings. The highest BCUT2D eigenvalue weighted by Gasteiger charge is 2.18. The van der Waals surface area contributed by atoms with Crippen molar-refractivity contribution in [3.8, 4) is 17.2 Å². The monoisotopic (exact) mass is 337 g/mol. The van der Waals surface area contributed by atoms with Crippen LogP contribution in [0.25, 0.3) is 11.5 Å². The van der Waals surface area contributed by atoms with Crippen molar-refractivity contribution < 1.29 is 18.6 Å². The lowest BCUT2D eigenvalue weighted by atomic mass is 10.2. The number of hydrogen-bond acceptors (Lipinski definition) is 5. The summed E-state index contributed by atoms with van der Waals surface area (Å²) in [5.74, 6) is 2.21. The molecule has 0 aliphatic carbocycles. The van der Waals surface area contributed by atoms with Crippen molar-refractivity contribution in [3.63, 3.8) is 0 Å². The number of nitrogens with zero attached hydrogens (tertiary/aromatic N) is 1. The summed E-state index contributed by atoms with van der Waals surface area (Å²) in [6.45, 7) is 1.09. The Morgan fingerprint density at radius 1 is 1.26 bits per heavy atom. The number of rotatable bonds is 6. The molecule has 0 bridgehead atoms. The van der Waals surface area contributed by atoms with Crippen molar-refractivity contribution in [2.75, 3.05) is 13.7 Å². The Labute approximate surface area is 140 Å². The van der Waals surface area contributed by atoms with E-state index in [1.54, 1.807) is 7.11 Å². The average molecular weight is 338 g/mol. The quantitative estimate of drug-likeness (QED) is 0.742. The van der Waals surface area contributed by atoms with E-state index in [9.17, 15) is 0 Å². The Morgan fingerprint density at radius 3 is 2.74 bits per heavy atom. The lowest BCUT2D eigenvalue weighted by Gasteiger charge is -2.22. The maximum atomic E-state index is 5.96. The maximum Gasteiger partial charge on any atom is 0.226 e. The van der Waals surface area contributed by atoms with Gasteiger partial charge in [0.15, 0.2) is 6.29 Å². The van der Waals surface area contributed by atoms with Gasteiger partial charge in [0.25, 0.3) is 0 Å². The molecule has 3 rings (SSSR count). The SMILES string of the molecule is COc1ccc(-c2nc(COC3CCCCO3)c(CCl)o2)cc1. The molecule has 23 heavy (non-hydrogen) atoms. The van der Waals surface area contributed by atoms with Gasteiger partial charge in [-0.05, 0) is 43.5 Å². The van der Waals surface area contributed by atoms with Crippen molar-refractivity contribution in [2.24, 2.45) is 0 Å². The number of methoxy groups -OCH3 is 1. The third-order valence-electron chi connectivity index (χ3n) is 3.78. The lowest BCUT2D eigenvalue weighted by molar-refractivity contribution is -0.169. The molecule has 5 nitrogen and oxygen atoms in total.